The van der Waals surface area contributed by atoms with Crippen LogP contribution in [0, 0.1) is 0 Å². The van der Waals surface area contributed by atoms with Gasteiger partial charge in [0.2, 0.25) is 35.7 Å². The Balaban J connectivity index is 2.00. The highest BCUT2D eigenvalue weighted by atomic mass is 16.5. The van der Waals surface area contributed by atoms with E-state index in [2.05, 4.69) is 61.2 Å². The van der Waals surface area contributed by atoms with Gasteiger partial charge >= 0.3 is 6.09 Å². The molecule has 28 heavy (non-hydrogen) atoms. The van der Waals surface area contributed by atoms with Gasteiger partial charge in [-0.3, -0.25) is 0 Å². The molecule has 5 N–H and O–H groups in total. The lowest BCUT2D eigenvalue weighted by atomic mass is 10.6. The summed E-state index contributed by atoms with van der Waals surface area (Å²) in [6.45, 7) is 0.947. The van der Waals surface area contributed by atoms with Crippen LogP contribution >= 0.6 is 0 Å². The molecule has 2 aromatic rings. The molecule has 2 aromatic heterocycles. The Bertz CT molecular complexity index is 780. The average Bonchev–Trinajstić information content (AvgIpc) is 2.74. The van der Waals surface area contributed by atoms with Crippen molar-refractivity contribution < 1.29 is 9.53 Å². The maximum Gasteiger partial charge on any atom is 0.416 e. The average molecular weight is 392 g/mol. The number of nitrogens with zero attached hydrogens (tertiary/aromatic N) is 7. The minimum absolute atomic E-state index is 0.149. The van der Waals surface area contributed by atoms with E-state index in [-0.39, 0.29) is 5.95 Å². The Morgan fingerprint density at radius 2 is 1.18 bits per heavy atom. The topological polar surface area (TPSA) is 167 Å². The Labute approximate surface area is 162 Å². The molecule has 0 bridgehead atoms. The standard InChI is InChI=1S/C14H24N12O2/c1-15-8-20-9(16-2)22-11(21-8)18-6-7-19-12-23-10(17-3)24-13(25-12)26(4)14(27)28-5/h6-7H2,1-5H3,(H2,17,19,23,24,25)(H3,15,16,18,20,21,22). The van der Waals surface area contributed by atoms with Gasteiger partial charge in [-0.1, -0.05) is 0 Å². The Morgan fingerprint density at radius 3 is 1.64 bits per heavy atom. The maximum atomic E-state index is 11.7. The molecule has 14 nitrogen and oxygen atoms in total. The second-order valence-electron chi connectivity index (χ2n) is 5.22. The van der Waals surface area contributed by atoms with Crippen molar-refractivity contribution >= 4 is 41.8 Å². The largest absolute Gasteiger partial charge is 0.452 e. The summed E-state index contributed by atoms with van der Waals surface area (Å²) < 4.78 is 4.67. The molecule has 0 aliphatic rings. The molecule has 0 fully saturated rings. The highest BCUT2D eigenvalue weighted by molar-refractivity contribution is 5.84. The highest BCUT2D eigenvalue weighted by Gasteiger charge is 2.16. The Morgan fingerprint density at radius 1 is 0.786 bits per heavy atom. The third-order valence-electron chi connectivity index (χ3n) is 3.37. The van der Waals surface area contributed by atoms with Crippen LogP contribution in [-0.4, -0.2) is 84.4 Å². The molecule has 0 aliphatic heterocycles. The fourth-order valence-electron chi connectivity index (χ4n) is 1.95. The molecule has 2 rings (SSSR count). The third-order valence-corrected chi connectivity index (χ3v) is 3.37. The van der Waals surface area contributed by atoms with Gasteiger partial charge in [0.25, 0.3) is 0 Å². The molecule has 0 saturated carbocycles. The lowest BCUT2D eigenvalue weighted by Gasteiger charge is -2.15. The number of hydrogen-bond donors (Lipinski definition) is 5. The zero-order valence-corrected chi connectivity index (χ0v) is 16.4. The number of carbonyl (C=O) groups excluding carboxylic acids is 1. The molecule has 0 unspecified atom stereocenters. The zero-order chi connectivity index (χ0) is 20.5. The molecular formula is C14H24N12O2. The second kappa shape index (κ2) is 9.84. The van der Waals surface area contributed by atoms with Crippen molar-refractivity contribution in [3.63, 3.8) is 0 Å². The molecule has 0 aromatic carbocycles. The SMILES string of the molecule is CNc1nc(NC)nc(NCCNc2nc(NC)nc(N(C)C(=O)OC)n2)n1. The molecular weight excluding hydrogens is 368 g/mol. The lowest BCUT2D eigenvalue weighted by Crippen LogP contribution is -2.28. The second-order valence-corrected chi connectivity index (χ2v) is 5.22. The number of ether oxygens (including phenoxy) is 1. The lowest BCUT2D eigenvalue weighted by molar-refractivity contribution is 0.180. The number of amides is 1. The van der Waals surface area contributed by atoms with Crippen LogP contribution in [0.15, 0.2) is 0 Å². The summed E-state index contributed by atoms with van der Waals surface area (Å²) >= 11 is 0. The molecule has 0 radical (unpaired) electrons. The van der Waals surface area contributed by atoms with Crippen molar-refractivity contribution in [3.05, 3.63) is 0 Å². The number of nitrogens with one attached hydrogen (secondary N) is 5. The van der Waals surface area contributed by atoms with Gasteiger partial charge in [-0.05, 0) is 0 Å². The monoisotopic (exact) mass is 392 g/mol. The van der Waals surface area contributed by atoms with E-state index >= 15 is 0 Å². The maximum absolute atomic E-state index is 11.7. The summed E-state index contributed by atoms with van der Waals surface area (Å²) in [4.78, 5) is 38.0. The summed E-state index contributed by atoms with van der Waals surface area (Å²) in [5.41, 5.74) is 0. The van der Waals surface area contributed by atoms with Gasteiger partial charge < -0.3 is 31.3 Å². The van der Waals surface area contributed by atoms with E-state index in [0.29, 0.717) is 42.8 Å². The smallest absolute Gasteiger partial charge is 0.416 e. The number of hydrogen-bond acceptors (Lipinski definition) is 13. The van der Waals surface area contributed by atoms with Gasteiger partial charge in [0.05, 0.1) is 7.11 Å². The number of aromatic nitrogens is 6. The predicted molar refractivity (Wildman–Crippen MR) is 106 cm³/mol. The molecule has 1 amide bonds. The first-order chi connectivity index (χ1) is 13.5. The van der Waals surface area contributed by atoms with Crippen LogP contribution in [0.2, 0.25) is 0 Å². The van der Waals surface area contributed by atoms with E-state index < -0.39 is 6.09 Å². The van der Waals surface area contributed by atoms with E-state index in [0.717, 1.165) is 0 Å². The Kier molecular flexibility index (Phi) is 7.24. The first-order valence-corrected chi connectivity index (χ1v) is 8.35. The van der Waals surface area contributed by atoms with Crippen molar-refractivity contribution in [3.8, 4) is 0 Å². The van der Waals surface area contributed by atoms with Gasteiger partial charge in [-0.2, -0.15) is 29.9 Å². The molecule has 0 atom stereocenters. The predicted octanol–water partition coefficient (Wildman–Crippen LogP) is -0.0917. The summed E-state index contributed by atoms with van der Waals surface area (Å²) in [6, 6.07) is 0. The van der Waals surface area contributed by atoms with Crippen LogP contribution < -0.4 is 31.5 Å². The van der Waals surface area contributed by atoms with Crippen LogP contribution in [0.25, 0.3) is 0 Å². The van der Waals surface area contributed by atoms with Crippen LogP contribution in [0.4, 0.5) is 40.5 Å². The highest BCUT2D eigenvalue weighted by Crippen LogP contribution is 2.13. The van der Waals surface area contributed by atoms with Gasteiger partial charge in [-0.15, -0.1) is 0 Å². The van der Waals surface area contributed by atoms with Crippen molar-refractivity contribution in [2.45, 2.75) is 0 Å². The quantitative estimate of drug-likeness (QED) is 0.359. The van der Waals surface area contributed by atoms with Gasteiger partial charge in [0.1, 0.15) is 0 Å². The summed E-state index contributed by atoms with van der Waals surface area (Å²) in [5.74, 6) is 2.07. The van der Waals surface area contributed by atoms with Crippen LogP contribution in [-0.2, 0) is 4.74 Å². The molecule has 0 saturated heterocycles. The number of carbonyl (C=O) groups is 1. The Hall–Kier alpha value is -3.71. The minimum Gasteiger partial charge on any atom is -0.452 e. The number of anilines is 6. The van der Waals surface area contributed by atoms with E-state index in [1.165, 1.54) is 19.1 Å². The summed E-state index contributed by atoms with van der Waals surface area (Å²) in [6.07, 6.45) is -0.587. The molecule has 14 heteroatoms. The van der Waals surface area contributed by atoms with E-state index in [4.69, 9.17) is 0 Å². The van der Waals surface area contributed by atoms with Gasteiger partial charge in [0, 0.05) is 41.3 Å². The van der Waals surface area contributed by atoms with Crippen molar-refractivity contribution in [2.75, 3.05) is 79.9 Å². The van der Waals surface area contributed by atoms with E-state index in [1.54, 1.807) is 21.1 Å². The van der Waals surface area contributed by atoms with Crippen LogP contribution in [0.5, 0.6) is 0 Å². The first kappa shape index (κ1) is 20.6. The van der Waals surface area contributed by atoms with E-state index in [1.807, 2.05) is 0 Å². The fraction of sp³-hybridized carbons (Fsp3) is 0.500. The van der Waals surface area contributed by atoms with E-state index in [9.17, 15) is 4.79 Å². The molecule has 0 aliphatic carbocycles. The summed E-state index contributed by atoms with van der Waals surface area (Å²) in [7, 11) is 7.91. The molecule has 152 valence electrons. The first-order valence-electron chi connectivity index (χ1n) is 8.35. The van der Waals surface area contributed by atoms with Crippen LogP contribution in [0.1, 0.15) is 0 Å². The zero-order valence-electron chi connectivity index (χ0n) is 16.4. The fourth-order valence-corrected chi connectivity index (χ4v) is 1.95. The summed E-state index contributed by atoms with van der Waals surface area (Å²) in [5, 5.41) is 14.7. The van der Waals surface area contributed by atoms with Crippen molar-refractivity contribution in [1.82, 2.24) is 29.9 Å². The molecule has 0 spiro atoms. The van der Waals surface area contributed by atoms with Crippen molar-refractivity contribution in [1.29, 1.82) is 0 Å². The number of methoxy groups -OCH3 is 1. The third kappa shape index (κ3) is 5.39. The normalized spacial score (nSPS) is 10.0. The van der Waals surface area contributed by atoms with Gasteiger partial charge in [0.15, 0.2) is 0 Å². The van der Waals surface area contributed by atoms with Gasteiger partial charge in [-0.25, -0.2) is 9.69 Å². The molecule has 2 heterocycles. The number of rotatable bonds is 9. The van der Waals surface area contributed by atoms with Crippen molar-refractivity contribution in [2.24, 2.45) is 0 Å². The minimum atomic E-state index is -0.587. The van der Waals surface area contributed by atoms with Crippen LogP contribution in [0.3, 0.4) is 0 Å².